The first kappa shape index (κ1) is 22.5. The number of hydrogen-bond acceptors (Lipinski definition) is 6. The Morgan fingerprint density at radius 3 is 2.26 bits per heavy atom. The van der Waals surface area contributed by atoms with Crippen LogP contribution in [0.1, 0.15) is 34.5 Å². The zero-order valence-electron chi connectivity index (χ0n) is 19.6. The molecule has 0 unspecified atom stereocenters. The van der Waals surface area contributed by atoms with Gasteiger partial charge < -0.3 is 9.80 Å². The van der Waals surface area contributed by atoms with Crippen molar-refractivity contribution in [1.29, 1.82) is 0 Å². The number of pyridine rings is 1. The molecule has 2 saturated heterocycles. The van der Waals surface area contributed by atoms with Crippen LogP contribution in [-0.2, 0) is 13.0 Å². The van der Waals surface area contributed by atoms with Crippen LogP contribution in [-0.4, -0.2) is 70.2 Å². The highest BCUT2D eigenvalue weighted by atomic mass is 16.2. The number of piperazine rings is 1. The lowest BCUT2D eigenvalue weighted by molar-refractivity contribution is 0.0621. The molecule has 1 amide bonds. The minimum absolute atomic E-state index is 0.0263. The fourth-order valence-electron chi connectivity index (χ4n) is 4.94. The Morgan fingerprint density at radius 1 is 0.824 bits per heavy atom. The summed E-state index contributed by atoms with van der Waals surface area (Å²) < 4.78 is 0. The molecule has 3 aromatic rings. The third-order valence-electron chi connectivity index (χ3n) is 6.96. The topological polar surface area (TPSA) is 65.5 Å². The molecule has 0 spiro atoms. The van der Waals surface area contributed by atoms with Crippen molar-refractivity contribution in [1.82, 2.24) is 25.0 Å². The number of carbonyl (C=O) groups excluding carboxylic acids is 1. The van der Waals surface area contributed by atoms with Crippen molar-refractivity contribution in [3.8, 4) is 0 Å². The molecule has 0 saturated carbocycles. The number of piperidine rings is 1. The fourth-order valence-corrected chi connectivity index (χ4v) is 4.94. The molecule has 0 atom stereocenters. The lowest BCUT2D eigenvalue weighted by Gasteiger charge is -2.34. The molecule has 2 fully saturated rings. The van der Waals surface area contributed by atoms with E-state index in [1.807, 2.05) is 29.3 Å². The van der Waals surface area contributed by atoms with Gasteiger partial charge in [0, 0.05) is 58.2 Å². The molecule has 2 aliphatic heterocycles. The summed E-state index contributed by atoms with van der Waals surface area (Å²) in [5.41, 5.74) is 3.05. The van der Waals surface area contributed by atoms with Crippen molar-refractivity contribution in [2.75, 3.05) is 44.2 Å². The van der Waals surface area contributed by atoms with Gasteiger partial charge in [-0.1, -0.05) is 36.4 Å². The Kier molecular flexibility index (Phi) is 7.10. The van der Waals surface area contributed by atoms with E-state index in [0.717, 1.165) is 57.8 Å². The van der Waals surface area contributed by atoms with Crippen molar-refractivity contribution in [3.63, 3.8) is 0 Å². The van der Waals surface area contributed by atoms with Crippen LogP contribution >= 0.6 is 0 Å². The van der Waals surface area contributed by atoms with Gasteiger partial charge in [0.1, 0.15) is 0 Å². The van der Waals surface area contributed by atoms with E-state index in [4.69, 9.17) is 0 Å². The van der Waals surface area contributed by atoms with Crippen molar-refractivity contribution in [3.05, 3.63) is 83.8 Å². The Morgan fingerprint density at radius 2 is 1.59 bits per heavy atom. The molecule has 0 aliphatic carbocycles. The summed E-state index contributed by atoms with van der Waals surface area (Å²) in [7, 11) is 0. The molecule has 2 aromatic heterocycles. The Hall–Kier alpha value is -3.32. The van der Waals surface area contributed by atoms with E-state index in [-0.39, 0.29) is 5.91 Å². The van der Waals surface area contributed by atoms with Gasteiger partial charge in [-0.05, 0) is 54.5 Å². The lowest BCUT2D eigenvalue weighted by Crippen LogP contribution is -2.48. The predicted octanol–water partition coefficient (Wildman–Crippen LogP) is 3.29. The maximum Gasteiger partial charge on any atom is 0.274 e. The lowest BCUT2D eigenvalue weighted by atomic mass is 9.90. The molecule has 176 valence electrons. The highest BCUT2D eigenvalue weighted by molar-refractivity contribution is 5.92. The van der Waals surface area contributed by atoms with Crippen molar-refractivity contribution >= 4 is 11.7 Å². The first-order valence-corrected chi connectivity index (χ1v) is 12.3. The average molecular weight is 457 g/mol. The van der Waals surface area contributed by atoms with Crippen LogP contribution < -0.4 is 4.90 Å². The minimum Gasteiger partial charge on any atom is -0.355 e. The smallest absolute Gasteiger partial charge is 0.274 e. The van der Waals surface area contributed by atoms with E-state index in [2.05, 4.69) is 61.4 Å². The van der Waals surface area contributed by atoms with Crippen LogP contribution in [0.5, 0.6) is 0 Å². The zero-order chi connectivity index (χ0) is 23.2. The van der Waals surface area contributed by atoms with Gasteiger partial charge in [0.05, 0.1) is 0 Å². The average Bonchev–Trinajstić information content (AvgIpc) is 2.91. The summed E-state index contributed by atoms with van der Waals surface area (Å²) in [6.45, 7) is 5.95. The summed E-state index contributed by atoms with van der Waals surface area (Å²) in [5.74, 6) is 1.56. The number of rotatable bonds is 6. The number of hydrogen-bond donors (Lipinski definition) is 0. The number of anilines is 1. The molecule has 7 heteroatoms. The highest BCUT2D eigenvalue weighted by Gasteiger charge is 2.25. The second-order valence-corrected chi connectivity index (χ2v) is 9.33. The molecular formula is C27H32N6O. The Labute approximate surface area is 201 Å². The van der Waals surface area contributed by atoms with Gasteiger partial charge in [0.2, 0.25) is 0 Å². The molecule has 4 heterocycles. The molecule has 5 rings (SSSR count). The van der Waals surface area contributed by atoms with Crippen LogP contribution in [0, 0.1) is 5.92 Å². The number of benzene rings is 1. The van der Waals surface area contributed by atoms with E-state index in [9.17, 15) is 4.79 Å². The van der Waals surface area contributed by atoms with Gasteiger partial charge in [-0.3, -0.25) is 14.7 Å². The predicted molar refractivity (Wildman–Crippen MR) is 133 cm³/mol. The van der Waals surface area contributed by atoms with Crippen LogP contribution in [0.15, 0.2) is 67.0 Å². The molecule has 0 N–H and O–H groups in total. The SMILES string of the molecule is O=C(c1ccc(N2CCC(Cc3ccccc3)CC2)nn1)N1CCN(Cc2cccnc2)CC1. The fraction of sp³-hybridized carbons (Fsp3) is 0.407. The minimum atomic E-state index is -0.0263. The van der Waals surface area contributed by atoms with Gasteiger partial charge in [0.15, 0.2) is 11.5 Å². The first-order chi connectivity index (χ1) is 16.7. The molecule has 0 bridgehead atoms. The van der Waals surface area contributed by atoms with Gasteiger partial charge in [-0.25, -0.2) is 0 Å². The van der Waals surface area contributed by atoms with Gasteiger partial charge >= 0.3 is 0 Å². The van der Waals surface area contributed by atoms with Crippen LogP contribution in [0.4, 0.5) is 5.82 Å². The van der Waals surface area contributed by atoms with Gasteiger partial charge in [-0.15, -0.1) is 10.2 Å². The largest absolute Gasteiger partial charge is 0.355 e. The van der Waals surface area contributed by atoms with E-state index < -0.39 is 0 Å². The van der Waals surface area contributed by atoms with Crippen molar-refractivity contribution in [2.45, 2.75) is 25.8 Å². The maximum atomic E-state index is 13.0. The summed E-state index contributed by atoms with van der Waals surface area (Å²) >= 11 is 0. The number of carbonyl (C=O) groups is 1. The van der Waals surface area contributed by atoms with Gasteiger partial charge in [-0.2, -0.15) is 0 Å². The summed E-state index contributed by atoms with van der Waals surface area (Å²) in [4.78, 5) is 23.7. The number of nitrogens with zero attached hydrogens (tertiary/aromatic N) is 6. The van der Waals surface area contributed by atoms with E-state index in [1.54, 1.807) is 6.20 Å². The molecule has 0 radical (unpaired) electrons. The third kappa shape index (κ3) is 5.59. The summed E-state index contributed by atoms with van der Waals surface area (Å²) in [6, 6.07) is 18.6. The first-order valence-electron chi connectivity index (χ1n) is 12.3. The van der Waals surface area contributed by atoms with E-state index in [0.29, 0.717) is 24.7 Å². The molecule has 7 nitrogen and oxygen atoms in total. The van der Waals surface area contributed by atoms with Crippen molar-refractivity contribution in [2.24, 2.45) is 5.92 Å². The van der Waals surface area contributed by atoms with E-state index in [1.165, 1.54) is 11.1 Å². The van der Waals surface area contributed by atoms with Crippen molar-refractivity contribution < 1.29 is 4.79 Å². The van der Waals surface area contributed by atoms with E-state index >= 15 is 0 Å². The molecular weight excluding hydrogens is 424 g/mol. The Bertz CT molecular complexity index is 1040. The Balaban J connectivity index is 1.09. The molecule has 34 heavy (non-hydrogen) atoms. The van der Waals surface area contributed by atoms with Crippen LogP contribution in [0.3, 0.4) is 0 Å². The van der Waals surface area contributed by atoms with Crippen LogP contribution in [0.25, 0.3) is 0 Å². The molecule has 1 aromatic carbocycles. The maximum absolute atomic E-state index is 13.0. The third-order valence-corrected chi connectivity index (χ3v) is 6.96. The number of amides is 1. The van der Waals surface area contributed by atoms with Gasteiger partial charge in [0.25, 0.3) is 5.91 Å². The quantitative estimate of drug-likeness (QED) is 0.567. The number of aromatic nitrogens is 3. The second kappa shape index (κ2) is 10.7. The normalized spacial score (nSPS) is 17.6. The summed E-state index contributed by atoms with van der Waals surface area (Å²) in [6.07, 6.45) is 7.14. The monoisotopic (exact) mass is 456 g/mol. The molecule has 2 aliphatic rings. The highest BCUT2D eigenvalue weighted by Crippen LogP contribution is 2.24. The summed E-state index contributed by atoms with van der Waals surface area (Å²) in [5, 5.41) is 8.71. The van der Waals surface area contributed by atoms with Crippen LogP contribution in [0.2, 0.25) is 0 Å². The standard InChI is InChI=1S/C27H32N6O/c34-27(33-17-15-31(16-18-33)21-24-7-4-12-28-20-24)25-8-9-26(30-29-25)32-13-10-23(11-14-32)19-22-5-2-1-3-6-22/h1-9,12,20,23H,10-11,13-19,21H2. The second-order valence-electron chi connectivity index (χ2n) is 9.33. The zero-order valence-corrected chi connectivity index (χ0v) is 19.6.